The van der Waals surface area contributed by atoms with E-state index in [-0.39, 0.29) is 0 Å². The fraction of sp³-hybridized carbons (Fsp3) is 1.00. The van der Waals surface area contributed by atoms with E-state index in [4.69, 9.17) is 0 Å². The summed E-state index contributed by atoms with van der Waals surface area (Å²) in [7, 11) is 2.27. The van der Waals surface area contributed by atoms with Gasteiger partial charge in [-0.25, -0.2) is 0 Å². The Morgan fingerprint density at radius 3 is 2.53 bits per heavy atom. The van der Waals surface area contributed by atoms with Crippen molar-refractivity contribution in [1.29, 1.82) is 0 Å². The van der Waals surface area contributed by atoms with E-state index in [1.807, 2.05) is 0 Å². The minimum Gasteiger partial charge on any atom is -0.310 e. The van der Waals surface area contributed by atoms with Crippen molar-refractivity contribution < 1.29 is 0 Å². The van der Waals surface area contributed by atoms with Crippen molar-refractivity contribution in [3.63, 3.8) is 0 Å². The maximum absolute atomic E-state index is 4.11. The second-order valence-corrected chi connectivity index (χ2v) is 8.45. The Kier molecular flexibility index (Phi) is 3.46. The first-order valence-electron chi connectivity index (χ1n) is 8.36. The Hall–Kier alpha value is -0.0800. The van der Waals surface area contributed by atoms with Gasteiger partial charge < -0.3 is 10.2 Å². The summed E-state index contributed by atoms with van der Waals surface area (Å²) in [6.07, 6.45) is 8.45. The van der Waals surface area contributed by atoms with E-state index in [2.05, 4.69) is 38.0 Å². The Morgan fingerprint density at radius 1 is 1.05 bits per heavy atom. The predicted molar refractivity (Wildman–Crippen MR) is 81.3 cm³/mol. The third-order valence-corrected chi connectivity index (χ3v) is 6.62. The molecular weight excluding hydrogens is 232 g/mol. The SMILES string of the molecule is CN1CCCC(NC2C3(C)CCC(C3)C2(C)C)CC1. The second-order valence-electron chi connectivity index (χ2n) is 8.45. The molecule has 1 saturated heterocycles. The number of likely N-dealkylation sites (tertiary alicyclic amines) is 1. The highest BCUT2D eigenvalue weighted by molar-refractivity contribution is 5.12. The van der Waals surface area contributed by atoms with Crippen molar-refractivity contribution >= 4 is 0 Å². The zero-order chi connectivity index (χ0) is 13.7. The molecule has 0 aromatic heterocycles. The summed E-state index contributed by atoms with van der Waals surface area (Å²) in [5.41, 5.74) is 1.08. The largest absolute Gasteiger partial charge is 0.310 e. The molecule has 0 radical (unpaired) electrons. The third-order valence-electron chi connectivity index (χ3n) is 6.62. The van der Waals surface area contributed by atoms with Gasteiger partial charge in [0.25, 0.3) is 0 Å². The van der Waals surface area contributed by atoms with Crippen LogP contribution in [0.3, 0.4) is 0 Å². The van der Waals surface area contributed by atoms with Crippen LogP contribution in [0.1, 0.15) is 59.3 Å². The summed E-state index contributed by atoms with van der Waals surface area (Å²) in [6, 6.07) is 1.50. The van der Waals surface area contributed by atoms with Gasteiger partial charge in [-0.3, -0.25) is 0 Å². The Labute approximate surface area is 119 Å². The van der Waals surface area contributed by atoms with Crippen LogP contribution in [0.25, 0.3) is 0 Å². The van der Waals surface area contributed by atoms with Gasteiger partial charge in [0, 0.05) is 12.1 Å². The van der Waals surface area contributed by atoms with Gasteiger partial charge in [-0.2, -0.15) is 0 Å². The van der Waals surface area contributed by atoms with Crippen LogP contribution in [0, 0.1) is 16.7 Å². The molecule has 2 nitrogen and oxygen atoms in total. The first kappa shape index (κ1) is 13.9. The van der Waals surface area contributed by atoms with Crippen LogP contribution in [0.5, 0.6) is 0 Å². The van der Waals surface area contributed by atoms with Gasteiger partial charge in [0.1, 0.15) is 0 Å². The fourth-order valence-electron chi connectivity index (χ4n) is 5.36. The summed E-state index contributed by atoms with van der Waals surface area (Å²) in [6.45, 7) is 10.1. The number of nitrogens with zero attached hydrogens (tertiary/aromatic N) is 1. The molecule has 2 saturated carbocycles. The minimum atomic E-state index is 0.505. The maximum atomic E-state index is 4.11. The van der Waals surface area contributed by atoms with Crippen LogP contribution in [0.15, 0.2) is 0 Å². The molecule has 0 spiro atoms. The van der Waals surface area contributed by atoms with Gasteiger partial charge >= 0.3 is 0 Å². The summed E-state index contributed by atoms with van der Waals surface area (Å²) in [4.78, 5) is 2.50. The lowest BCUT2D eigenvalue weighted by molar-refractivity contribution is 0.0961. The molecule has 2 heteroatoms. The summed E-state index contributed by atoms with van der Waals surface area (Å²) in [5, 5.41) is 4.11. The number of nitrogens with one attached hydrogen (secondary N) is 1. The standard InChI is InChI=1S/C17H32N2/c1-16(2)13-7-9-17(3,12-13)15(16)18-14-6-5-10-19(4)11-8-14/h13-15,18H,5-12H2,1-4H3. The molecule has 3 rings (SSSR count). The van der Waals surface area contributed by atoms with Gasteiger partial charge in [0.15, 0.2) is 0 Å². The topological polar surface area (TPSA) is 15.3 Å². The molecule has 0 amide bonds. The minimum absolute atomic E-state index is 0.505. The predicted octanol–water partition coefficient (Wildman–Crippen LogP) is 3.28. The van der Waals surface area contributed by atoms with Gasteiger partial charge in [0.05, 0.1) is 0 Å². The van der Waals surface area contributed by atoms with Crippen molar-refractivity contribution in [1.82, 2.24) is 10.2 Å². The van der Waals surface area contributed by atoms with E-state index >= 15 is 0 Å². The Bertz CT molecular complexity index is 333. The normalized spacial score (nSPS) is 46.4. The molecule has 2 bridgehead atoms. The molecule has 0 aromatic rings. The molecule has 2 aliphatic carbocycles. The summed E-state index contributed by atoms with van der Waals surface area (Å²) in [5.74, 6) is 0.962. The highest BCUT2D eigenvalue weighted by atomic mass is 15.1. The molecule has 0 aromatic carbocycles. The average molecular weight is 264 g/mol. The van der Waals surface area contributed by atoms with E-state index in [9.17, 15) is 0 Å². The van der Waals surface area contributed by atoms with Crippen molar-refractivity contribution in [3.05, 3.63) is 0 Å². The lowest BCUT2D eigenvalue weighted by Crippen LogP contribution is -2.53. The number of hydrogen-bond acceptors (Lipinski definition) is 2. The Morgan fingerprint density at radius 2 is 1.84 bits per heavy atom. The first-order chi connectivity index (χ1) is 8.92. The molecule has 19 heavy (non-hydrogen) atoms. The van der Waals surface area contributed by atoms with Crippen LogP contribution in [-0.4, -0.2) is 37.1 Å². The molecule has 4 atom stereocenters. The maximum Gasteiger partial charge on any atom is 0.0177 e. The number of hydrogen-bond donors (Lipinski definition) is 1. The van der Waals surface area contributed by atoms with Gasteiger partial charge in [-0.1, -0.05) is 20.8 Å². The number of rotatable bonds is 2. The zero-order valence-corrected chi connectivity index (χ0v) is 13.3. The van der Waals surface area contributed by atoms with E-state index in [0.717, 1.165) is 18.0 Å². The quantitative estimate of drug-likeness (QED) is 0.823. The highest BCUT2D eigenvalue weighted by Crippen LogP contribution is 2.62. The van der Waals surface area contributed by atoms with E-state index in [0.29, 0.717) is 10.8 Å². The van der Waals surface area contributed by atoms with Crippen molar-refractivity contribution in [2.45, 2.75) is 71.4 Å². The van der Waals surface area contributed by atoms with E-state index in [1.54, 1.807) is 0 Å². The summed E-state index contributed by atoms with van der Waals surface area (Å²) < 4.78 is 0. The average Bonchev–Trinajstić information content (AvgIpc) is 2.71. The van der Waals surface area contributed by atoms with Crippen molar-refractivity contribution in [2.75, 3.05) is 20.1 Å². The second kappa shape index (κ2) is 4.73. The van der Waals surface area contributed by atoms with Gasteiger partial charge in [-0.15, -0.1) is 0 Å². The molecule has 110 valence electrons. The lowest BCUT2D eigenvalue weighted by atomic mass is 9.68. The van der Waals surface area contributed by atoms with Crippen LogP contribution < -0.4 is 5.32 Å². The molecule has 1 heterocycles. The zero-order valence-electron chi connectivity index (χ0n) is 13.3. The van der Waals surface area contributed by atoms with E-state index < -0.39 is 0 Å². The molecule has 3 aliphatic rings. The molecule has 1 aliphatic heterocycles. The van der Waals surface area contributed by atoms with Crippen LogP contribution in [0.2, 0.25) is 0 Å². The Balaban J connectivity index is 1.69. The third kappa shape index (κ3) is 2.35. The molecule has 3 fully saturated rings. The molecule has 4 unspecified atom stereocenters. The van der Waals surface area contributed by atoms with Crippen LogP contribution >= 0.6 is 0 Å². The molecular formula is C17H32N2. The van der Waals surface area contributed by atoms with Gasteiger partial charge in [0.2, 0.25) is 0 Å². The highest BCUT2D eigenvalue weighted by Gasteiger charge is 2.59. The van der Waals surface area contributed by atoms with Crippen LogP contribution in [0.4, 0.5) is 0 Å². The van der Waals surface area contributed by atoms with Crippen molar-refractivity contribution in [3.8, 4) is 0 Å². The fourth-order valence-corrected chi connectivity index (χ4v) is 5.36. The van der Waals surface area contributed by atoms with E-state index in [1.165, 1.54) is 51.6 Å². The monoisotopic (exact) mass is 264 g/mol. The number of fused-ring (bicyclic) bond motifs is 2. The van der Waals surface area contributed by atoms with Crippen molar-refractivity contribution in [2.24, 2.45) is 16.7 Å². The molecule has 1 N–H and O–H groups in total. The summed E-state index contributed by atoms with van der Waals surface area (Å²) >= 11 is 0. The van der Waals surface area contributed by atoms with Crippen LogP contribution in [-0.2, 0) is 0 Å². The first-order valence-corrected chi connectivity index (χ1v) is 8.36. The van der Waals surface area contributed by atoms with Gasteiger partial charge in [-0.05, 0) is 75.4 Å². The lowest BCUT2D eigenvalue weighted by Gasteiger charge is -2.45. The smallest absolute Gasteiger partial charge is 0.0177 e.